The Morgan fingerprint density at radius 3 is 2.52 bits per heavy atom. The molecule has 0 aliphatic heterocycles. The van der Waals surface area contributed by atoms with Gasteiger partial charge in [0.2, 0.25) is 0 Å². The molecular formula is C28H22N4O. The number of para-hydroxylation sites is 2. The van der Waals surface area contributed by atoms with Crippen molar-refractivity contribution < 1.29 is 4.79 Å². The Morgan fingerprint density at radius 2 is 1.61 bits per heavy atom. The smallest absolute Gasteiger partial charge is 0.256 e. The molecule has 0 spiro atoms. The highest BCUT2D eigenvalue weighted by Crippen LogP contribution is 2.30. The molecule has 160 valence electrons. The second-order valence-electron chi connectivity index (χ2n) is 7.67. The zero-order chi connectivity index (χ0) is 22.5. The van der Waals surface area contributed by atoms with E-state index in [0.717, 1.165) is 39.0 Å². The van der Waals surface area contributed by atoms with Crippen molar-refractivity contribution in [2.75, 3.05) is 10.6 Å². The van der Waals surface area contributed by atoms with Crippen LogP contribution in [0.25, 0.3) is 22.0 Å². The zero-order valence-electron chi connectivity index (χ0n) is 17.9. The fraction of sp³-hybridized carbons (Fsp3) is 0.0357. The van der Waals surface area contributed by atoms with Crippen LogP contribution in [0.15, 0.2) is 110 Å². The molecule has 5 nitrogen and oxygen atoms in total. The highest BCUT2D eigenvalue weighted by Gasteiger charge is 2.13. The number of anilines is 2. The van der Waals surface area contributed by atoms with Crippen LogP contribution >= 0.6 is 0 Å². The van der Waals surface area contributed by atoms with Crippen molar-refractivity contribution in [1.82, 2.24) is 9.97 Å². The highest BCUT2D eigenvalue weighted by molar-refractivity contribution is 6.13. The molecule has 3 aromatic carbocycles. The number of nitrogens with zero attached hydrogens (tertiary/aromatic N) is 2. The summed E-state index contributed by atoms with van der Waals surface area (Å²) in [4.78, 5) is 21.6. The minimum Gasteiger partial charge on any atom is -0.381 e. The molecule has 2 aromatic heterocycles. The van der Waals surface area contributed by atoms with E-state index in [-0.39, 0.29) is 5.91 Å². The topological polar surface area (TPSA) is 66.9 Å². The summed E-state index contributed by atoms with van der Waals surface area (Å²) in [6.45, 7) is 0.708. The van der Waals surface area contributed by atoms with E-state index in [9.17, 15) is 4.79 Å². The van der Waals surface area contributed by atoms with Crippen molar-refractivity contribution >= 4 is 28.2 Å². The van der Waals surface area contributed by atoms with E-state index < -0.39 is 0 Å². The first-order chi connectivity index (χ1) is 16.3. The maximum atomic E-state index is 13.2. The number of rotatable bonds is 6. The number of aromatic nitrogens is 2. The summed E-state index contributed by atoms with van der Waals surface area (Å²) in [5.74, 6) is -0.159. The van der Waals surface area contributed by atoms with E-state index in [1.54, 1.807) is 24.7 Å². The van der Waals surface area contributed by atoms with Gasteiger partial charge in [0, 0.05) is 47.5 Å². The van der Waals surface area contributed by atoms with Crippen LogP contribution in [0.3, 0.4) is 0 Å². The number of hydrogen-bond acceptors (Lipinski definition) is 4. The van der Waals surface area contributed by atoms with Gasteiger partial charge in [-0.15, -0.1) is 0 Å². The Bertz CT molecular complexity index is 1410. The number of carbonyl (C=O) groups excluding carboxylic acids is 1. The summed E-state index contributed by atoms with van der Waals surface area (Å²) in [6.07, 6.45) is 5.25. The lowest BCUT2D eigenvalue weighted by molar-refractivity contribution is 0.102. The summed E-state index contributed by atoms with van der Waals surface area (Å²) >= 11 is 0. The van der Waals surface area contributed by atoms with Crippen LogP contribution in [0.5, 0.6) is 0 Å². The number of hydrogen-bond donors (Lipinski definition) is 2. The van der Waals surface area contributed by atoms with Gasteiger partial charge >= 0.3 is 0 Å². The number of benzene rings is 3. The number of nitrogens with one attached hydrogen (secondary N) is 2. The Morgan fingerprint density at radius 1 is 0.788 bits per heavy atom. The van der Waals surface area contributed by atoms with Gasteiger partial charge in [0.15, 0.2) is 0 Å². The van der Waals surface area contributed by atoms with Gasteiger partial charge in [-0.05, 0) is 53.6 Å². The van der Waals surface area contributed by atoms with Crippen LogP contribution in [0.2, 0.25) is 0 Å². The van der Waals surface area contributed by atoms with E-state index in [4.69, 9.17) is 0 Å². The van der Waals surface area contributed by atoms with Crippen LogP contribution in [0, 0.1) is 0 Å². The molecule has 5 rings (SSSR count). The first-order valence-electron chi connectivity index (χ1n) is 10.8. The lowest BCUT2D eigenvalue weighted by Crippen LogP contribution is -2.13. The van der Waals surface area contributed by atoms with E-state index in [0.29, 0.717) is 12.1 Å². The molecule has 2 N–H and O–H groups in total. The molecule has 0 atom stereocenters. The molecule has 5 heteroatoms. The van der Waals surface area contributed by atoms with E-state index in [2.05, 4.69) is 26.7 Å². The quantitative estimate of drug-likeness (QED) is 0.338. The minimum atomic E-state index is -0.159. The number of carbonyl (C=O) groups is 1. The van der Waals surface area contributed by atoms with Gasteiger partial charge in [-0.1, -0.05) is 48.5 Å². The first-order valence-corrected chi connectivity index (χ1v) is 10.8. The molecule has 0 radical (unpaired) electrons. The first kappa shape index (κ1) is 20.4. The largest absolute Gasteiger partial charge is 0.381 e. The molecule has 0 saturated carbocycles. The van der Waals surface area contributed by atoms with Gasteiger partial charge in [0.1, 0.15) is 0 Å². The summed E-state index contributed by atoms with van der Waals surface area (Å²) in [5.41, 5.74) is 6.30. The van der Waals surface area contributed by atoms with Gasteiger partial charge in [-0.2, -0.15) is 0 Å². The minimum absolute atomic E-state index is 0.159. The number of amides is 1. The van der Waals surface area contributed by atoms with Crippen LogP contribution in [0.4, 0.5) is 11.4 Å². The average molecular weight is 431 g/mol. The fourth-order valence-electron chi connectivity index (χ4n) is 3.83. The number of fused-ring (bicyclic) bond motifs is 1. The zero-order valence-corrected chi connectivity index (χ0v) is 17.9. The van der Waals surface area contributed by atoms with Gasteiger partial charge in [0.25, 0.3) is 5.91 Å². The molecule has 0 saturated heterocycles. The van der Waals surface area contributed by atoms with Crippen molar-refractivity contribution in [2.24, 2.45) is 0 Å². The number of pyridine rings is 2. The molecule has 1 amide bonds. The predicted molar refractivity (Wildman–Crippen MR) is 133 cm³/mol. The van der Waals surface area contributed by atoms with Crippen LogP contribution in [-0.4, -0.2) is 15.9 Å². The Labute approximate surface area is 192 Å². The maximum absolute atomic E-state index is 13.2. The van der Waals surface area contributed by atoms with Gasteiger partial charge in [-0.25, -0.2) is 0 Å². The lowest BCUT2D eigenvalue weighted by Gasteiger charge is -2.14. The highest BCUT2D eigenvalue weighted by atomic mass is 16.1. The summed E-state index contributed by atoms with van der Waals surface area (Å²) in [6, 6.07) is 29.4. The molecule has 0 aliphatic carbocycles. The van der Waals surface area contributed by atoms with E-state index in [1.807, 2.05) is 78.9 Å². The molecule has 0 fully saturated rings. The standard InChI is InChI=1S/C28H22N4O/c33-28(25-14-17-30-26-10-3-2-9-24(25)26)32-27-11-4-1-8-23(27)21-6-5-7-22(18-21)31-19-20-12-15-29-16-13-20/h1-18,31H,19H2,(H,32,33). The second-order valence-corrected chi connectivity index (χ2v) is 7.67. The normalized spacial score (nSPS) is 10.7. The third kappa shape index (κ3) is 4.57. The monoisotopic (exact) mass is 430 g/mol. The molecule has 33 heavy (non-hydrogen) atoms. The van der Waals surface area contributed by atoms with Gasteiger partial charge in [0.05, 0.1) is 11.1 Å². The molecule has 0 unspecified atom stereocenters. The second kappa shape index (κ2) is 9.32. The molecule has 5 aromatic rings. The third-order valence-electron chi connectivity index (χ3n) is 5.49. The third-order valence-corrected chi connectivity index (χ3v) is 5.49. The van der Waals surface area contributed by atoms with Crippen molar-refractivity contribution in [1.29, 1.82) is 0 Å². The SMILES string of the molecule is O=C(Nc1ccccc1-c1cccc(NCc2ccncc2)c1)c1ccnc2ccccc12. The van der Waals surface area contributed by atoms with E-state index in [1.165, 1.54) is 0 Å². The van der Waals surface area contributed by atoms with Crippen molar-refractivity contribution in [3.8, 4) is 11.1 Å². The summed E-state index contributed by atoms with van der Waals surface area (Å²) < 4.78 is 0. The Kier molecular flexibility index (Phi) is 5.76. The van der Waals surface area contributed by atoms with Gasteiger partial charge < -0.3 is 10.6 Å². The lowest BCUT2D eigenvalue weighted by atomic mass is 10.0. The fourth-order valence-corrected chi connectivity index (χ4v) is 3.83. The summed E-state index contributed by atoms with van der Waals surface area (Å²) in [5, 5.41) is 7.39. The summed E-state index contributed by atoms with van der Waals surface area (Å²) in [7, 11) is 0. The Balaban J connectivity index is 1.41. The molecular weight excluding hydrogens is 408 g/mol. The van der Waals surface area contributed by atoms with Crippen molar-refractivity contribution in [2.45, 2.75) is 6.54 Å². The molecule has 0 bridgehead atoms. The predicted octanol–water partition coefficient (Wildman–Crippen LogP) is 6.16. The van der Waals surface area contributed by atoms with Crippen LogP contribution < -0.4 is 10.6 Å². The maximum Gasteiger partial charge on any atom is 0.256 e. The molecule has 0 aliphatic rings. The van der Waals surface area contributed by atoms with Crippen LogP contribution in [-0.2, 0) is 6.54 Å². The van der Waals surface area contributed by atoms with Crippen molar-refractivity contribution in [3.05, 3.63) is 121 Å². The Hall–Kier alpha value is -4.51. The average Bonchev–Trinajstić information content (AvgIpc) is 2.88. The van der Waals surface area contributed by atoms with Crippen LogP contribution in [0.1, 0.15) is 15.9 Å². The van der Waals surface area contributed by atoms with Crippen molar-refractivity contribution in [3.63, 3.8) is 0 Å². The van der Waals surface area contributed by atoms with Gasteiger partial charge in [-0.3, -0.25) is 14.8 Å². The van der Waals surface area contributed by atoms with E-state index >= 15 is 0 Å². The molecule has 2 heterocycles.